The third-order valence-corrected chi connectivity index (χ3v) is 5.90. The van der Waals surface area contributed by atoms with Crippen molar-refractivity contribution in [2.75, 3.05) is 15.5 Å². The number of aryl methyl sites for hydroxylation is 1. The van der Waals surface area contributed by atoms with Gasteiger partial charge in [-0.15, -0.1) is 11.3 Å². The number of para-hydroxylation sites is 1. The normalized spacial score (nSPS) is 13.7. The zero-order chi connectivity index (χ0) is 22.1. The molecule has 7 nitrogen and oxygen atoms in total. The fraction of sp³-hybridized carbons (Fsp3) is 0.0476. The molecule has 3 aromatic rings. The lowest BCUT2D eigenvalue weighted by atomic mass is 10.2. The van der Waals surface area contributed by atoms with Gasteiger partial charge in [0.2, 0.25) is 0 Å². The summed E-state index contributed by atoms with van der Waals surface area (Å²) in [5.74, 6) is -1.68. The molecular weight excluding hydrogens is 459 g/mol. The summed E-state index contributed by atoms with van der Waals surface area (Å²) in [5.41, 5.74) is 1.71. The summed E-state index contributed by atoms with van der Waals surface area (Å²) in [4.78, 5) is 43.1. The SMILES string of the molecule is Cc1csc(NC(=O)c2cccc(NC3=C(Cl)C(=O)N(c4ccccc4Cl)C3=O)c2)n1. The van der Waals surface area contributed by atoms with E-state index in [0.29, 0.717) is 16.4 Å². The molecule has 0 unspecified atom stereocenters. The highest BCUT2D eigenvalue weighted by Gasteiger charge is 2.39. The average molecular weight is 473 g/mol. The summed E-state index contributed by atoms with van der Waals surface area (Å²) in [6.07, 6.45) is 0. The number of carbonyl (C=O) groups is 3. The molecule has 1 aromatic heterocycles. The van der Waals surface area contributed by atoms with Crippen molar-refractivity contribution in [2.24, 2.45) is 0 Å². The Labute approximate surface area is 191 Å². The lowest BCUT2D eigenvalue weighted by Crippen LogP contribution is -2.32. The van der Waals surface area contributed by atoms with Gasteiger partial charge in [-0.1, -0.05) is 41.4 Å². The van der Waals surface area contributed by atoms with Gasteiger partial charge in [0, 0.05) is 16.6 Å². The van der Waals surface area contributed by atoms with E-state index < -0.39 is 11.8 Å². The minimum absolute atomic E-state index is 0.0975. The Hall–Kier alpha value is -3.20. The topological polar surface area (TPSA) is 91.4 Å². The van der Waals surface area contributed by atoms with Gasteiger partial charge in [0.15, 0.2) is 5.13 Å². The second-order valence-electron chi connectivity index (χ2n) is 6.54. The van der Waals surface area contributed by atoms with Crippen LogP contribution < -0.4 is 15.5 Å². The number of hydrogen-bond donors (Lipinski definition) is 2. The first kappa shape index (κ1) is 21.0. The zero-order valence-corrected chi connectivity index (χ0v) is 18.3. The van der Waals surface area contributed by atoms with Gasteiger partial charge in [-0.25, -0.2) is 9.88 Å². The number of carbonyl (C=O) groups excluding carboxylic acids is 3. The Balaban J connectivity index is 1.56. The summed E-state index contributed by atoms with van der Waals surface area (Å²) in [6.45, 7) is 1.83. The van der Waals surface area contributed by atoms with Crippen LogP contribution >= 0.6 is 34.5 Å². The molecule has 4 rings (SSSR count). The van der Waals surface area contributed by atoms with Gasteiger partial charge in [-0.3, -0.25) is 19.7 Å². The molecule has 0 aliphatic carbocycles. The lowest BCUT2D eigenvalue weighted by Gasteiger charge is -2.16. The molecule has 10 heteroatoms. The van der Waals surface area contributed by atoms with Crippen LogP contribution in [0, 0.1) is 6.92 Å². The number of nitrogens with one attached hydrogen (secondary N) is 2. The largest absolute Gasteiger partial charge is 0.350 e. The molecule has 1 aliphatic heterocycles. The van der Waals surface area contributed by atoms with E-state index in [1.807, 2.05) is 12.3 Å². The van der Waals surface area contributed by atoms with Crippen LogP contribution in [0.15, 0.2) is 64.6 Å². The maximum atomic E-state index is 12.9. The van der Waals surface area contributed by atoms with Crippen molar-refractivity contribution < 1.29 is 14.4 Å². The molecule has 2 N–H and O–H groups in total. The number of aromatic nitrogens is 1. The number of halogens is 2. The van der Waals surface area contributed by atoms with Gasteiger partial charge in [0.25, 0.3) is 17.7 Å². The number of nitrogens with zero attached hydrogens (tertiary/aromatic N) is 2. The summed E-state index contributed by atoms with van der Waals surface area (Å²) in [6, 6.07) is 12.9. The van der Waals surface area contributed by atoms with Crippen LogP contribution in [-0.4, -0.2) is 22.7 Å². The van der Waals surface area contributed by atoms with Crippen molar-refractivity contribution >= 4 is 68.8 Å². The fourth-order valence-corrected chi connectivity index (χ4v) is 4.04. The van der Waals surface area contributed by atoms with Gasteiger partial charge in [-0.05, 0) is 37.3 Å². The van der Waals surface area contributed by atoms with Crippen molar-refractivity contribution in [1.29, 1.82) is 0 Å². The number of imide groups is 1. The molecule has 3 amide bonds. The van der Waals surface area contributed by atoms with Crippen molar-refractivity contribution in [3.05, 3.63) is 80.9 Å². The highest BCUT2D eigenvalue weighted by Crippen LogP contribution is 2.34. The molecule has 0 radical (unpaired) electrons. The second kappa shape index (κ2) is 8.50. The predicted molar refractivity (Wildman–Crippen MR) is 122 cm³/mol. The Morgan fingerprint density at radius 3 is 2.55 bits per heavy atom. The zero-order valence-electron chi connectivity index (χ0n) is 16.0. The third-order valence-electron chi connectivity index (χ3n) is 4.35. The van der Waals surface area contributed by atoms with Crippen LogP contribution in [0.3, 0.4) is 0 Å². The molecule has 1 aliphatic rings. The number of hydrogen-bond acceptors (Lipinski definition) is 6. The van der Waals surface area contributed by atoms with Gasteiger partial charge in [0.1, 0.15) is 10.7 Å². The van der Waals surface area contributed by atoms with E-state index in [1.54, 1.807) is 48.5 Å². The summed E-state index contributed by atoms with van der Waals surface area (Å²) < 4.78 is 0. The van der Waals surface area contributed by atoms with E-state index in [2.05, 4.69) is 15.6 Å². The van der Waals surface area contributed by atoms with E-state index in [1.165, 1.54) is 11.3 Å². The Kier molecular flexibility index (Phi) is 5.77. The first-order valence-corrected chi connectivity index (χ1v) is 10.6. The van der Waals surface area contributed by atoms with Crippen molar-refractivity contribution in [1.82, 2.24) is 4.98 Å². The monoisotopic (exact) mass is 472 g/mol. The first-order valence-electron chi connectivity index (χ1n) is 8.99. The number of amides is 3. The Bertz CT molecular complexity index is 1250. The summed E-state index contributed by atoms with van der Waals surface area (Å²) in [5, 5.41) is 7.86. The van der Waals surface area contributed by atoms with Gasteiger partial charge in [-0.2, -0.15) is 0 Å². The highest BCUT2D eigenvalue weighted by molar-refractivity contribution is 7.13. The minimum atomic E-state index is -0.685. The van der Waals surface area contributed by atoms with E-state index in [0.717, 1.165) is 10.6 Å². The molecule has 0 spiro atoms. The van der Waals surface area contributed by atoms with Crippen LogP contribution in [0.5, 0.6) is 0 Å². The van der Waals surface area contributed by atoms with E-state index in [-0.39, 0.29) is 27.3 Å². The lowest BCUT2D eigenvalue weighted by molar-refractivity contribution is -0.120. The fourth-order valence-electron chi connectivity index (χ4n) is 2.93. The van der Waals surface area contributed by atoms with Gasteiger partial charge >= 0.3 is 0 Å². The number of anilines is 3. The van der Waals surface area contributed by atoms with Crippen LogP contribution in [0.4, 0.5) is 16.5 Å². The number of thiazole rings is 1. The third kappa shape index (κ3) is 4.18. The van der Waals surface area contributed by atoms with E-state index >= 15 is 0 Å². The molecule has 2 heterocycles. The average Bonchev–Trinajstić information content (AvgIpc) is 3.25. The summed E-state index contributed by atoms with van der Waals surface area (Å²) >= 11 is 13.6. The summed E-state index contributed by atoms with van der Waals surface area (Å²) in [7, 11) is 0. The highest BCUT2D eigenvalue weighted by atomic mass is 35.5. The smallest absolute Gasteiger partial charge is 0.283 e. The van der Waals surface area contributed by atoms with E-state index in [4.69, 9.17) is 23.2 Å². The first-order chi connectivity index (χ1) is 14.8. The van der Waals surface area contributed by atoms with Crippen LogP contribution in [0.25, 0.3) is 0 Å². The standard InChI is InChI=1S/C21H14Cl2N4O3S/c1-11-10-31-21(24-11)26-18(28)12-5-4-6-13(9-12)25-17-16(23)19(29)27(20(17)30)15-8-3-2-7-14(15)22/h2-10,25H,1H3,(H,24,26,28). The molecular formula is C21H14Cl2N4O3S. The molecule has 0 atom stereocenters. The Morgan fingerprint density at radius 2 is 1.84 bits per heavy atom. The minimum Gasteiger partial charge on any atom is -0.350 e. The molecule has 2 aromatic carbocycles. The molecule has 0 saturated heterocycles. The molecule has 31 heavy (non-hydrogen) atoms. The molecule has 0 saturated carbocycles. The van der Waals surface area contributed by atoms with Crippen molar-refractivity contribution in [2.45, 2.75) is 6.92 Å². The van der Waals surface area contributed by atoms with E-state index in [9.17, 15) is 14.4 Å². The predicted octanol–water partition coefficient (Wildman–Crippen LogP) is 4.79. The van der Waals surface area contributed by atoms with Gasteiger partial charge < -0.3 is 5.32 Å². The second-order valence-corrected chi connectivity index (χ2v) is 8.18. The van der Waals surface area contributed by atoms with Crippen LogP contribution in [-0.2, 0) is 9.59 Å². The molecule has 0 bridgehead atoms. The maximum Gasteiger partial charge on any atom is 0.283 e. The molecule has 156 valence electrons. The molecule has 0 fully saturated rings. The number of benzene rings is 2. The van der Waals surface area contributed by atoms with Crippen molar-refractivity contribution in [3.8, 4) is 0 Å². The van der Waals surface area contributed by atoms with Crippen molar-refractivity contribution in [3.63, 3.8) is 0 Å². The van der Waals surface area contributed by atoms with Gasteiger partial charge in [0.05, 0.1) is 16.4 Å². The number of rotatable bonds is 5. The van der Waals surface area contributed by atoms with Crippen LogP contribution in [0.2, 0.25) is 5.02 Å². The maximum absolute atomic E-state index is 12.9. The van der Waals surface area contributed by atoms with Crippen LogP contribution in [0.1, 0.15) is 16.1 Å². The Morgan fingerprint density at radius 1 is 1.06 bits per heavy atom. The quantitative estimate of drug-likeness (QED) is 0.520.